The molecule has 3 heteroatoms. The molecule has 0 aliphatic heterocycles. The minimum Gasteiger partial charge on any atom is -0.309 e. The molecule has 0 aliphatic rings. The van der Waals surface area contributed by atoms with E-state index in [9.17, 15) is 6.85 Å². The first kappa shape index (κ1) is 22.4. The van der Waals surface area contributed by atoms with Crippen molar-refractivity contribution in [2.45, 2.75) is 0 Å². The van der Waals surface area contributed by atoms with Crippen molar-refractivity contribution in [1.29, 1.82) is 0 Å². The third kappa shape index (κ3) is 5.60. The predicted molar refractivity (Wildman–Crippen MR) is 266 cm³/mol. The molecule has 0 aliphatic carbocycles. The van der Waals surface area contributed by atoms with Crippen LogP contribution in [0.2, 0.25) is 0 Å². The van der Waals surface area contributed by atoms with Crippen LogP contribution in [0.1, 0.15) is 23.3 Å². The van der Waals surface area contributed by atoms with Gasteiger partial charge in [0.25, 0.3) is 0 Å². The lowest BCUT2D eigenvalue weighted by Crippen LogP contribution is -1.98. The van der Waals surface area contributed by atoms with E-state index < -0.39 is 136 Å². The van der Waals surface area contributed by atoms with Gasteiger partial charge in [-0.05, 0) is 112 Å². The summed E-state index contributed by atoms with van der Waals surface area (Å²) in [7, 11) is 0. The van der Waals surface area contributed by atoms with Crippen molar-refractivity contribution in [2.24, 2.45) is 0 Å². The van der Waals surface area contributed by atoms with Gasteiger partial charge in [0.2, 0.25) is 0 Å². The van der Waals surface area contributed by atoms with Gasteiger partial charge in [-0.2, -0.15) is 0 Å². The lowest BCUT2D eigenvalue weighted by molar-refractivity contribution is 1.15. The Balaban J connectivity index is 1.12. The van der Waals surface area contributed by atoms with E-state index in [0.717, 1.165) is 55.0 Å². The highest BCUT2D eigenvalue weighted by Crippen LogP contribution is 2.41. The van der Waals surface area contributed by atoms with Gasteiger partial charge in [-0.3, -0.25) is 0 Å². The number of aromatic nitrogens is 3. The van der Waals surface area contributed by atoms with Crippen LogP contribution in [-0.2, 0) is 0 Å². The van der Waals surface area contributed by atoms with Crippen LogP contribution in [-0.4, -0.2) is 13.7 Å². The lowest BCUT2D eigenvalue weighted by atomic mass is 9.95. The monoisotopic (exact) mass is 818 g/mol. The maximum Gasteiger partial charge on any atom is 0.0651 e. The fraction of sp³-hybridized carbons (Fsp3) is 0. The SMILES string of the molecule is [2H]c1c([2H])c([2H])c(-c2c([2H])c([2H])c([2H])c(-c3c([2H])c(-c4c([2H])c([2H])c([2H])c([2H])c4[2H])c([2H])c(-n4c5ccccc5c5cc(-n6c7ccccc7c7ccc(-n8c9ccccc9c9ccccc98)cc76)ccc54)c3[2H])c2[2H])c([2H])c1[2H]. The van der Waals surface area contributed by atoms with Crippen molar-refractivity contribution in [1.82, 2.24) is 13.7 Å². The van der Waals surface area contributed by atoms with Crippen LogP contribution in [0.25, 0.3) is 116 Å². The third-order valence-electron chi connectivity index (χ3n) is 11.7. The summed E-state index contributed by atoms with van der Waals surface area (Å²) in [6, 6.07) is 30.6. The number of fused-ring (bicyclic) bond motifs is 9. The third-order valence-corrected chi connectivity index (χ3v) is 11.7. The summed E-state index contributed by atoms with van der Waals surface area (Å²) in [5.74, 6) is 0. The Labute approximate surface area is 388 Å². The molecule has 13 rings (SSSR count). The molecule has 0 saturated carbocycles. The van der Waals surface area contributed by atoms with Crippen LogP contribution < -0.4 is 0 Å². The summed E-state index contributed by atoms with van der Waals surface area (Å²) in [5.41, 5.74) is 2.45. The fourth-order valence-corrected chi connectivity index (χ4v) is 9.08. The Morgan fingerprint density at radius 2 is 0.635 bits per heavy atom. The van der Waals surface area contributed by atoms with Crippen molar-refractivity contribution in [2.75, 3.05) is 0 Å². The molecule has 13 aromatic rings. The Morgan fingerprint density at radius 1 is 0.254 bits per heavy atom. The highest BCUT2D eigenvalue weighted by molar-refractivity contribution is 6.14. The zero-order chi connectivity index (χ0) is 56.2. The zero-order valence-electron chi connectivity index (χ0n) is 50.0. The summed E-state index contributed by atoms with van der Waals surface area (Å²) in [4.78, 5) is 0. The topological polar surface area (TPSA) is 14.8 Å². The summed E-state index contributed by atoms with van der Waals surface area (Å²) in [5, 5.41) is 5.53. The van der Waals surface area contributed by atoms with Crippen molar-refractivity contribution in [3.8, 4) is 50.4 Å². The summed E-state index contributed by atoms with van der Waals surface area (Å²) in [6.45, 7) is 0. The number of para-hydroxylation sites is 4. The predicted octanol–water partition coefficient (Wildman–Crippen LogP) is 16.0. The standard InChI is InChI=1S/C60H39N3/c1-3-16-40(17-4-1)42-20-15-21-43(34-42)45-35-44(41-18-5-2-6-19-41)36-48(37-45)63-58-29-14-10-25-52(58)54-38-46(31-33-59(54)63)62-57-28-13-9-24-51(57)53-32-30-47(39-60(53)62)61-55-26-11-7-22-49(55)50-23-8-12-27-56(50)61/h1-39H/i1D,2D,3D,4D,5D,6D,15D,16D,17D,18D,19D,20D,21D,34D,35D,36D,37D. The van der Waals surface area contributed by atoms with E-state index in [-0.39, 0.29) is 5.69 Å². The second kappa shape index (κ2) is 14.1. The van der Waals surface area contributed by atoms with Crippen molar-refractivity contribution >= 4 is 65.4 Å². The molecule has 3 heterocycles. The van der Waals surface area contributed by atoms with Gasteiger partial charge < -0.3 is 13.7 Å². The zero-order valence-corrected chi connectivity index (χ0v) is 33.0. The number of benzene rings is 10. The number of rotatable bonds is 6. The molecule has 0 unspecified atom stereocenters. The molecule has 0 radical (unpaired) electrons. The first-order valence-corrected chi connectivity index (χ1v) is 20.3. The number of nitrogens with zero attached hydrogens (tertiary/aromatic N) is 3. The van der Waals surface area contributed by atoms with E-state index in [1.54, 1.807) is 16.7 Å². The molecular weight excluding hydrogens is 763 g/mol. The second-order valence-corrected chi connectivity index (χ2v) is 15.2. The van der Waals surface area contributed by atoms with E-state index in [2.05, 4.69) is 57.7 Å². The van der Waals surface area contributed by atoms with Gasteiger partial charge in [-0.15, -0.1) is 0 Å². The molecule has 294 valence electrons. The van der Waals surface area contributed by atoms with Gasteiger partial charge in [0.1, 0.15) is 0 Å². The van der Waals surface area contributed by atoms with E-state index >= 15 is 0 Å². The molecule has 0 bridgehead atoms. The molecule has 0 atom stereocenters. The Hall–Kier alpha value is -8.40. The number of hydrogen-bond acceptors (Lipinski definition) is 0. The van der Waals surface area contributed by atoms with Crippen molar-refractivity contribution in [3.05, 3.63) is 236 Å². The van der Waals surface area contributed by atoms with Crippen LogP contribution in [0.3, 0.4) is 0 Å². The van der Waals surface area contributed by atoms with Crippen LogP contribution >= 0.6 is 0 Å². The van der Waals surface area contributed by atoms with E-state index in [0.29, 0.717) is 21.8 Å². The molecule has 0 saturated heterocycles. The lowest BCUT2D eigenvalue weighted by Gasteiger charge is -2.15. The molecule has 0 amide bonds. The molecule has 0 spiro atoms. The molecule has 3 aromatic heterocycles. The summed E-state index contributed by atoms with van der Waals surface area (Å²) in [6.07, 6.45) is 0. The van der Waals surface area contributed by atoms with Crippen LogP contribution in [0, 0.1) is 0 Å². The average molecular weight is 819 g/mol. The molecule has 0 N–H and O–H groups in total. The quantitative estimate of drug-likeness (QED) is 0.159. The van der Waals surface area contributed by atoms with Gasteiger partial charge in [-0.25, -0.2) is 0 Å². The van der Waals surface area contributed by atoms with E-state index in [1.807, 2.05) is 72.8 Å². The first-order chi connectivity index (χ1) is 38.3. The molecule has 10 aromatic carbocycles. The highest BCUT2D eigenvalue weighted by atomic mass is 15.0. The smallest absolute Gasteiger partial charge is 0.0651 e. The highest BCUT2D eigenvalue weighted by Gasteiger charge is 2.19. The molecule has 3 nitrogen and oxygen atoms in total. The van der Waals surface area contributed by atoms with Gasteiger partial charge in [0.15, 0.2) is 0 Å². The van der Waals surface area contributed by atoms with Gasteiger partial charge in [0.05, 0.1) is 56.4 Å². The second-order valence-electron chi connectivity index (χ2n) is 15.2. The van der Waals surface area contributed by atoms with E-state index in [4.69, 9.17) is 16.4 Å². The maximum absolute atomic E-state index is 10.2. The van der Waals surface area contributed by atoms with Gasteiger partial charge in [-0.1, -0.05) is 157 Å². The summed E-state index contributed by atoms with van der Waals surface area (Å²) < 4.78 is 160. The molecule has 0 fully saturated rings. The minimum atomic E-state index is -0.880. The largest absolute Gasteiger partial charge is 0.309 e. The van der Waals surface area contributed by atoms with Gasteiger partial charge >= 0.3 is 0 Å². The fourth-order valence-electron chi connectivity index (χ4n) is 9.08. The summed E-state index contributed by atoms with van der Waals surface area (Å²) >= 11 is 0. The van der Waals surface area contributed by atoms with Gasteiger partial charge in [0, 0.05) is 49.4 Å². The van der Waals surface area contributed by atoms with Crippen LogP contribution in [0.4, 0.5) is 0 Å². The van der Waals surface area contributed by atoms with Crippen molar-refractivity contribution < 1.29 is 23.3 Å². The average Bonchev–Trinajstić information content (AvgIpc) is 4.25. The first-order valence-electron chi connectivity index (χ1n) is 28.8. The van der Waals surface area contributed by atoms with Crippen LogP contribution in [0.5, 0.6) is 0 Å². The molecule has 63 heavy (non-hydrogen) atoms. The Morgan fingerprint density at radius 3 is 1.22 bits per heavy atom. The normalized spacial score (nSPS) is 15.6. The Bertz CT molecular complexity index is 4830. The maximum atomic E-state index is 10.2. The molecular formula is C60H39N3. The van der Waals surface area contributed by atoms with Crippen LogP contribution in [0.15, 0.2) is 236 Å². The van der Waals surface area contributed by atoms with E-state index in [1.165, 1.54) is 0 Å². The Kier molecular flexibility index (Phi) is 5.02. The van der Waals surface area contributed by atoms with Crippen molar-refractivity contribution in [3.63, 3.8) is 0 Å². The minimum absolute atomic E-state index is 0.297. The number of hydrogen-bond donors (Lipinski definition) is 0.